The molecular weight excluding hydrogens is 376 g/mol. The van der Waals surface area contributed by atoms with Crippen LogP contribution in [0.1, 0.15) is 22.4 Å². The SMILES string of the molecule is CN1CCNCC1c1noc(-c2cc(-c3ccco3)nc3c(C(N)=O)ncn23)n1. The van der Waals surface area contributed by atoms with Crippen LogP contribution in [0.5, 0.6) is 0 Å². The third-order valence-electron chi connectivity index (χ3n) is 4.98. The Morgan fingerprint density at radius 3 is 3.03 bits per heavy atom. The van der Waals surface area contributed by atoms with E-state index in [-0.39, 0.29) is 23.3 Å². The topological polar surface area (TPSA) is 141 Å². The van der Waals surface area contributed by atoms with Gasteiger partial charge in [0.25, 0.3) is 11.8 Å². The molecule has 1 fully saturated rings. The number of nitrogens with one attached hydrogen (secondary N) is 1. The van der Waals surface area contributed by atoms with Gasteiger partial charge < -0.3 is 20.0 Å². The minimum absolute atomic E-state index is 0.00656. The molecule has 1 amide bonds. The van der Waals surface area contributed by atoms with Crippen molar-refractivity contribution in [2.45, 2.75) is 6.04 Å². The number of imidazole rings is 1. The molecule has 0 aliphatic carbocycles. The van der Waals surface area contributed by atoms with Gasteiger partial charge >= 0.3 is 0 Å². The van der Waals surface area contributed by atoms with E-state index in [9.17, 15) is 4.79 Å². The van der Waals surface area contributed by atoms with Crippen LogP contribution in [0.3, 0.4) is 0 Å². The fourth-order valence-electron chi connectivity index (χ4n) is 3.43. The molecule has 1 unspecified atom stereocenters. The zero-order chi connectivity index (χ0) is 20.0. The third-order valence-corrected chi connectivity index (χ3v) is 4.98. The van der Waals surface area contributed by atoms with Crippen LogP contribution in [0.25, 0.3) is 28.7 Å². The van der Waals surface area contributed by atoms with Crippen LogP contribution >= 0.6 is 0 Å². The molecule has 1 atom stereocenters. The Balaban J connectivity index is 1.65. The molecule has 0 saturated carbocycles. The van der Waals surface area contributed by atoms with Gasteiger partial charge in [0.2, 0.25) is 0 Å². The summed E-state index contributed by atoms with van der Waals surface area (Å²) in [5, 5.41) is 7.50. The first-order valence-electron chi connectivity index (χ1n) is 9.08. The number of furan rings is 1. The third kappa shape index (κ3) is 2.96. The second-order valence-corrected chi connectivity index (χ2v) is 6.81. The number of likely N-dealkylation sites (N-methyl/N-ethyl adjacent to an activating group) is 1. The molecular formula is C18H18N8O3. The highest BCUT2D eigenvalue weighted by molar-refractivity contribution is 5.97. The van der Waals surface area contributed by atoms with Crippen molar-refractivity contribution in [1.29, 1.82) is 0 Å². The first-order valence-corrected chi connectivity index (χ1v) is 9.08. The number of nitrogens with zero attached hydrogens (tertiary/aromatic N) is 6. The molecule has 148 valence electrons. The van der Waals surface area contributed by atoms with Gasteiger partial charge in [0.15, 0.2) is 22.9 Å². The second kappa shape index (κ2) is 6.79. The summed E-state index contributed by atoms with van der Waals surface area (Å²) in [6, 6.07) is 5.28. The van der Waals surface area contributed by atoms with Crippen molar-refractivity contribution in [2.24, 2.45) is 5.73 Å². The summed E-state index contributed by atoms with van der Waals surface area (Å²) >= 11 is 0. The molecule has 4 aromatic heterocycles. The number of rotatable bonds is 4. The van der Waals surface area contributed by atoms with Crippen molar-refractivity contribution in [3.63, 3.8) is 0 Å². The Morgan fingerprint density at radius 1 is 1.38 bits per heavy atom. The predicted molar refractivity (Wildman–Crippen MR) is 101 cm³/mol. The summed E-state index contributed by atoms with van der Waals surface area (Å²) in [5.74, 6) is 0.715. The van der Waals surface area contributed by atoms with E-state index >= 15 is 0 Å². The number of piperazine rings is 1. The van der Waals surface area contributed by atoms with Crippen LogP contribution in [-0.2, 0) is 0 Å². The lowest BCUT2D eigenvalue weighted by Gasteiger charge is -2.30. The van der Waals surface area contributed by atoms with Crippen LogP contribution in [0, 0.1) is 0 Å². The molecule has 0 bridgehead atoms. The number of nitrogens with two attached hydrogens (primary N) is 1. The molecule has 0 radical (unpaired) electrons. The molecule has 5 rings (SSSR count). The molecule has 4 aromatic rings. The van der Waals surface area contributed by atoms with Gasteiger partial charge in [-0.15, -0.1) is 0 Å². The number of carbonyl (C=O) groups excluding carboxylic acids is 1. The maximum atomic E-state index is 11.8. The summed E-state index contributed by atoms with van der Waals surface area (Å²) in [7, 11) is 2.02. The molecule has 1 saturated heterocycles. The standard InChI is InChI=1S/C18H18N8O3/c1-25-5-4-20-8-12(25)16-23-18(29-24-16)11-7-10(13-3-2-6-28-13)22-17-14(15(19)27)21-9-26(11)17/h2-3,6-7,9,12,20H,4-5,8H2,1H3,(H2,19,27). The van der Waals surface area contributed by atoms with Crippen molar-refractivity contribution < 1.29 is 13.7 Å². The van der Waals surface area contributed by atoms with E-state index in [1.807, 2.05) is 7.05 Å². The van der Waals surface area contributed by atoms with Crippen LogP contribution < -0.4 is 11.1 Å². The van der Waals surface area contributed by atoms with E-state index in [2.05, 4.69) is 30.3 Å². The highest BCUT2D eigenvalue weighted by Gasteiger charge is 2.27. The van der Waals surface area contributed by atoms with Crippen molar-refractivity contribution in [1.82, 2.24) is 34.7 Å². The molecule has 0 aromatic carbocycles. The normalized spacial score (nSPS) is 17.8. The van der Waals surface area contributed by atoms with E-state index in [4.69, 9.17) is 14.7 Å². The van der Waals surface area contributed by atoms with Crippen molar-refractivity contribution in [3.8, 4) is 23.0 Å². The van der Waals surface area contributed by atoms with Gasteiger partial charge in [-0.2, -0.15) is 4.98 Å². The molecule has 1 aliphatic rings. The number of hydrogen-bond acceptors (Lipinski definition) is 9. The predicted octanol–water partition coefficient (Wildman–Crippen LogP) is 0.714. The molecule has 11 nitrogen and oxygen atoms in total. The molecule has 3 N–H and O–H groups in total. The minimum Gasteiger partial charge on any atom is -0.463 e. The number of carbonyl (C=O) groups is 1. The maximum Gasteiger partial charge on any atom is 0.275 e. The lowest BCUT2D eigenvalue weighted by Crippen LogP contribution is -2.44. The summed E-state index contributed by atoms with van der Waals surface area (Å²) in [6.45, 7) is 2.54. The molecule has 11 heteroatoms. The van der Waals surface area contributed by atoms with Gasteiger partial charge in [0.1, 0.15) is 17.7 Å². The van der Waals surface area contributed by atoms with E-state index in [1.54, 1.807) is 28.9 Å². The summed E-state index contributed by atoms with van der Waals surface area (Å²) in [5.41, 5.74) is 6.83. The Bertz CT molecular complexity index is 1180. The van der Waals surface area contributed by atoms with Crippen LogP contribution in [-0.4, -0.2) is 62.0 Å². The Morgan fingerprint density at radius 2 is 2.28 bits per heavy atom. The smallest absolute Gasteiger partial charge is 0.275 e. The molecule has 1 aliphatic heterocycles. The largest absolute Gasteiger partial charge is 0.463 e. The highest BCUT2D eigenvalue weighted by Crippen LogP contribution is 2.28. The first kappa shape index (κ1) is 17.5. The van der Waals surface area contributed by atoms with Crippen LogP contribution in [0.15, 0.2) is 39.7 Å². The van der Waals surface area contributed by atoms with E-state index in [0.717, 1.165) is 19.6 Å². The number of aromatic nitrogens is 5. The molecule has 29 heavy (non-hydrogen) atoms. The average Bonchev–Trinajstić information content (AvgIpc) is 3.46. The average molecular weight is 394 g/mol. The van der Waals surface area contributed by atoms with Crippen LogP contribution in [0.2, 0.25) is 0 Å². The molecule has 5 heterocycles. The van der Waals surface area contributed by atoms with Gasteiger partial charge in [-0.1, -0.05) is 5.16 Å². The summed E-state index contributed by atoms with van der Waals surface area (Å²) in [4.78, 5) is 27.1. The lowest BCUT2D eigenvalue weighted by atomic mass is 10.2. The summed E-state index contributed by atoms with van der Waals surface area (Å²) in [6.07, 6.45) is 3.00. The number of fused-ring (bicyclic) bond motifs is 1. The quantitative estimate of drug-likeness (QED) is 0.512. The summed E-state index contributed by atoms with van der Waals surface area (Å²) < 4.78 is 12.6. The highest BCUT2D eigenvalue weighted by atomic mass is 16.5. The zero-order valence-electron chi connectivity index (χ0n) is 15.6. The first-order chi connectivity index (χ1) is 14.1. The maximum absolute atomic E-state index is 11.8. The van der Waals surface area contributed by atoms with Crippen molar-refractivity contribution in [2.75, 3.05) is 26.7 Å². The van der Waals surface area contributed by atoms with Gasteiger partial charge in [0, 0.05) is 19.6 Å². The fraction of sp³-hybridized carbons (Fsp3) is 0.278. The van der Waals surface area contributed by atoms with Gasteiger partial charge in [-0.05, 0) is 25.2 Å². The Hall–Kier alpha value is -3.57. The number of hydrogen-bond donors (Lipinski definition) is 2. The van der Waals surface area contributed by atoms with Gasteiger partial charge in [0.05, 0.1) is 12.3 Å². The monoisotopic (exact) mass is 394 g/mol. The number of primary amides is 1. The van der Waals surface area contributed by atoms with Gasteiger partial charge in [-0.3, -0.25) is 14.1 Å². The number of amides is 1. The Labute approximate surface area is 164 Å². The van der Waals surface area contributed by atoms with Crippen LogP contribution in [0.4, 0.5) is 0 Å². The van der Waals surface area contributed by atoms with Crippen molar-refractivity contribution in [3.05, 3.63) is 42.3 Å². The van der Waals surface area contributed by atoms with E-state index < -0.39 is 5.91 Å². The second-order valence-electron chi connectivity index (χ2n) is 6.81. The van der Waals surface area contributed by atoms with Gasteiger partial charge in [-0.25, -0.2) is 9.97 Å². The zero-order valence-corrected chi connectivity index (χ0v) is 15.6. The van der Waals surface area contributed by atoms with E-state index in [0.29, 0.717) is 23.0 Å². The Kier molecular flexibility index (Phi) is 4.11. The fourth-order valence-corrected chi connectivity index (χ4v) is 3.43. The van der Waals surface area contributed by atoms with E-state index in [1.165, 1.54) is 6.33 Å². The van der Waals surface area contributed by atoms with Crippen molar-refractivity contribution >= 4 is 11.6 Å². The molecule has 0 spiro atoms. The minimum atomic E-state index is -0.677. The lowest BCUT2D eigenvalue weighted by molar-refractivity contribution is 0.0997.